The number of methoxy groups -OCH3 is 2. The zero-order chi connectivity index (χ0) is 16.0. The van der Waals surface area contributed by atoms with Crippen LogP contribution in [0.3, 0.4) is 0 Å². The molecule has 112 valence electrons. The molecule has 0 bridgehead atoms. The Bertz CT molecular complexity index is 646. The first-order chi connectivity index (χ1) is 10.7. The summed E-state index contributed by atoms with van der Waals surface area (Å²) >= 11 is 0. The molecule has 4 heteroatoms. The van der Waals surface area contributed by atoms with Crippen LogP contribution in [0, 0.1) is 34.0 Å². The fourth-order valence-corrected chi connectivity index (χ4v) is 2.58. The number of benzene rings is 1. The zero-order valence-electron chi connectivity index (χ0n) is 12.7. The number of rotatable bonds is 5. The van der Waals surface area contributed by atoms with E-state index in [0.29, 0.717) is 12.8 Å². The maximum absolute atomic E-state index is 9.63. The molecule has 0 heterocycles. The molecule has 1 unspecified atom stereocenters. The van der Waals surface area contributed by atoms with Gasteiger partial charge in [0.1, 0.15) is 11.5 Å². The Balaban J connectivity index is 2.22. The first-order valence-electron chi connectivity index (χ1n) is 7.05. The van der Waals surface area contributed by atoms with E-state index in [2.05, 4.69) is 12.1 Å². The Kier molecular flexibility index (Phi) is 4.86. The maximum atomic E-state index is 9.63. The molecule has 0 aromatic heterocycles. The summed E-state index contributed by atoms with van der Waals surface area (Å²) in [7, 11) is 3.21. The third-order valence-electron chi connectivity index (χ3n) is 3.98. The maximum Gasteiger partial charge on any atom is 0.154 e. The van der Waals surface area contributed by atoms with Gasteiger partial charge in [-0.2, -0.15) is 10.5 Å². The van der Waals surface area contributed by atoms with Gasteiger partial charge in [-0.05, 0) is 36.3 Å². The van der Waals surface area contributed by atoms with Crippen molar-refractivity contribution in [3.05, 3.63) is 53.8 Å². The topological polar surface area (TPSA) is 66.0 Å². The predicted octanol–water partition coefficient (Wildman–Crippen LogP) is 3.38. The van der Waals surface area contributed by atoms with E-state index in [0.717, 1.165) is 17.1 Å². The zero-order valence-corrected chi connectivity index (χ0v) is 12.7. The van der Waals surface area contributed by atoms with Gasteiger partial charge in [0.15, 0.2) is 5.41 Å². The number of nitriles is 2. The monoisotopic (exact) mass is 294 g/mol. The van der Waals surface area contributed by atoms with Crippen LogP contribution in [0.15, 0.2) is 48.3 Å². The van der Waals surface area contributed by atoms with Gasteiger partial charge >= 0.3 is 0 Å². The van der Waals surface area contributed by atoms with Gasteiger partial charge < -0.3 is 9.47 Å². The van der Waals surface area contributed by atoms with E-state index >= 15 is 0 Å². The summed E-state index contributed by atoms with van der Waals surface area (Å²) in [4.78, 5) is 0. The van der Waals surface area contributed by atoms with Crippen LogP contribution >= 0.6 is 0 Å². The summed E-state index contributed by atoms with van der Waals surface area (Å²) in [6.07, 6.45) is 6.65. The Morgan fingerprint density at radius 3 is 2.27 bits per heavy atom. The van der Waals surface area contributed by atoms with E-state index in [-0.39, 0.29) is 5.92 Å². The van der Waals surface area contributed by atoms with E-state index in [1.54, 1.807) is 14.2 Å². The molecule has 1 aliphatic carbocycles. The van der Waals surface area contributed by atoms with E-state index in [4.69, 9.17) is 9.47 Å². The van der Waals surface area contributed by atoms with E-state index in [9.17, 15) is 10.5 Å². The van der Waals surface area contributed by atoms with Crippen molar-refractivity contribution in [3.63, 3.8) is 0 Å². The van der Waals surface area contributed by atoms with Crippen LogP contribution < -0.4 is 4.74 Å². The predicted molar refractivity (Wildman–Crippen MR) is 82.7 cm³/mol. The summed E-state index contributed by atoms with van der Waals surface area (Å²) < 4.78 is 10.3. The molecule has 22 heavy (non-hydrogen) atoms. The van der Waals surface area contributed by atoms with Gasteiger partial charge in [0.05, 0.1) is 26.4 Å². The second kappa shape index (κ2) is 6.83. The quantitative estimate of drug-likeness (QED) is 0.835. The Morgan fingerprint density at radius 2 is 1.82 bits per heavy atom. The molecule has 0 aliphatic heterocycles. The molecule has 0 saturated heterocycles. The Labute approximate surface area is 130 Å². The highest BCUT2D eigenvalue weighted by atomic mass is 16.5. The smallest absolute Gasteiger partial charge is 0.154 e. The highest BCUT2D eigenvalue weighted by Gasteiger charge is 2.38. The molecular weight excluding hydrogens is 276 g/mol. The van der Waals surface area contributed by atoms with Crippen molar-refractivity contribution >= 4 is 0 Å². The molecule has 4 nitrogen and oxygen atoms in total. The molecular formula is C18H18N2O2. The summed E-state index contributed by atoms with van der Waals surface area (Å²) in [5.41, 5.74) is -0.139. The summed E-state index contributed by atoms with van der Waals surface area (Å²) in [5.74, 6) is 1.38. The molecule has 0 N–H and O–H groups in total. The lowest BCUT2D eigenvalue weighted by atomic mass is 9.71. The fourth-order valence-electron chi connectivity index (χ4n) is 2.58. The highest BCUT2D eigenvalue weighted by Crippen LogP contribution is 2.37. The lowest BCUT2D eigenvalue weighted by molar-refractivity contribution is 0.293. The first-order valence-corrected chi connectivity index (χ1v) is 7.05. The van der Waals surface area contributed by atoms with Gasteiger partial charge in [0.25, 0.3) is 0 Å². The van der Waals surface area contributed by atoms with Gasteiger partial charge in [0, 0.05) is 12.3 Å². The fraction of sp³-hybridized carbons (Fsp3) is 0.333. The number of hydrogen-bond acceptors (Lipinski definition) is 4. The van der Waals surface area contributed by atoms with Crippen LogP contribution in [-0.2, 0) is 11.2 Å². The van der Waals surface area contributed by atoms with Gasteiger partial charge in [-0.1, -0.05) is 18.2 Å². The molecule has 0 fully saturated rings. The lowest BCUT2D eigenvalue weighted by Gasteiger charge is -2.28. The summed E-state index contributed by atoms with van der Waals surface area (Å²) in [6, 6.07) is 11.9. The summed E-state index contributed by atoms with van der Waals surface area (Å²) in [5, 5.41) is 19.3. The van der Waals surface area contributed by atoms with Gasteiger partial charge in [-0.3, -0.25) is 0 Å². The number of allylic oxidation sites excluding steroid dienone is 3. The highest BCUT2D eigenvalue weighted by molar-refractivity contribution is 5.34. The molecule has 1 aromatic carbocycles. The standard InChI is InChI=1S/C18H18N2O2/c1-21-16-7-3-14(4-8-16)11-18(12-19,13-20)15-5-9-17(22-2)10-6-15/h3-5,7-10,15H,6,11H2,1-2H3. The minimum atomic E-state index is -1.08. The molecule has 0 spiro atoms. The van der Waals surface area contributed by atoms with E-state index in [1.165, 1.54) is 0 Å². The Hall–Kier alpha value is -2.72. The number of hydrogen-bond donors (Lipinski definition) is 0. The van der Waals surface area contributed by atoms with Crippen molar-refractivity contribution in [1.29, 1.82) is 10.5 Å². The van der Waals surface area contributed by atoms with Crippen molar-refractivity contribution < 1.29 is 9.47 Å². The van der Waals surface area contributed by atoms with E-state index < -0.39 is 5.41 Å². The minimum absolute atomic E-state index is 0.150. The number of nitrogens with zero attached hydrogens (tertiary/aromatic N) is 2. The van der Waals surface area contributed by atoms with Crippen LogP contribution in [-0.4, -0.2) is 14.2 Å². The van der Waals surface area contributed by atoms with Crippen molar-refractivity contribution in [1.82, 2.24) is 0 Å². The van der Waals surface area contributed by atoms with Crippen LogP contribution in [0.4, 0.5) is 0 Å². The van der Waals surface area contributed by atoms with Crippen LogP contribution in [0.25, 0.3) is 0 Å². The van der Waals surface area contributed by atoms with Crippen LogP contribution in [0.5, 0.6) is 5.75 Å². The average Bonchev–Trinajstić information content (AvgIpc) is 2.60. The van der Waals surface area contributed by atoms with Crippen molar-refractivity contribution in [2.75, 3.05) is 14.2 Å². The first kappa shape index (κ1) is 15.7. The third-order valence-corrected chi connectivity index (χ3v) is 3.98. The second-order valence-corrected chi connectivity index (χ2v) is 5.23. The Morgan fingerprint density at radius 1 is 1.14 bits per heavy atom. The van der Waals surface area contributed by atoms with E-state index in [1.807, 2.05) is 42.5 Å². The molecule has 0 radical (unpaired) electrons. The van der Waals surface area contributed by atoms with Crippen molar-refractivity contribution in [3.8, 4) is 17.9 Å². The SMILES string of the molecule is COC1=CCC(C(C#N)(C#N)Cc2ccc(OC)cc2)C=C1. The minimum Gasteiger partial charge on any atom is -0.497 e. The van der Waals surface area contributed by atoms with Gasteiger partial charge in [-0.25, -0.2) is 0 Å². The molecule has 1 atom stereocenters. The molecule has 2 rings (SSSR count). The van der Waals surface area contributed by atoms with Crippen LogP contribution in [0.2, 0.25) is 0 Å². The molecule has 0 saturated carbocycles. The largest absolute Gasteiger partial charge is 0.497 e. The molecule has 1 aromatic rings. The van der Waals surface area contributed by atoms with Crippen molar-refractivity contribution in [2.24, 2.45) is 11.3 Å². The molecule has 1 aliphatic rings. The summed E-state index contributed by atoms with van der Waals surface area (Å²) in [6.45, 7) is 0. The second-order valence-electron chi connectivity index (χ2n) is 5.23. The average molecular weight is 294 g/mol. The van der Waals surface area contributed by atoms with Crippen molar-refractivity contribution in [2.45, 2.75) is 12.8 Å². The lowest BCUT2D eigenvalue weighted by Crippen LogP contribution is -2.29. The third kappa shape index (κ3) is 3.13. The van der Waals surface area contributed by atoms with Gasteiger partial charge in [0.2, 0.25) is 0 Å². The molecule has 0 amide bonds. The normalized spacial score (nSPS) is 17.1. The van der Waals surface area contributed by atoms with Gasteiger partial charge in [-0.15, -0.1) is 0 Å². The van der Waals surface area contributed by atoms with Crippen LogP contribution in [0.1, 0.15) is 12.0 Å². The number of ether oxygens (including phenoxy) is 2.